The maximum Gasteiger partial charge on any atom is 0.329 e. The van der Waals surface area contributed by atoms with Crippen molar-refractivity contribution in [2.24, 2.45) is 5.10 Å². The first-order chi connectivity index (χ1) is 11.2. The number of halogens is 1. The molecule has 0 fully saturated rings. The molecule has 2 rings (SSSR count). The lowest BCUT2D eigenvalue weighted by Crippen LogP contribution is -2.38. The SMILES string of the molecule is O=C(NCCc1ccccc1)C(=O)N/N=C\c1ccccc1Cl. The molecule has 2 aromatic rings. The standard InChI is InChI=1S/C17H16ClN3O2/c18-15-9-5-4-8-14(15)12-20-21-17(23)16(22)19-11-10-13-6-2-1-3-7-13/h1-9,12H,10-11H2,(H,19,22)(H,21,23)/b20-12-. The van der Waals surface area contributed by atoms with Crippen LogP contribution in [0.15, 0.2) is 59.7 Å². The maximum absolute atomic E-state index is 11.6. The zero-order chi connectivity index (χ0) is 16.5. The predicted octanol–water partition coefficient (Wildman–Crippen LogP) is 2.15. The van der Waals surface area contributed by atoms with E-state index in [0.717, 1.165) is 5.56 Å². The molecule has 0 spiro atoms. The summed E-state index contributed by atoms with van der Waals surface area (Å²) >= 11 is 5.95. The normalized spacial score (nSPS) is 10.5. The number of rotatable bonds is 5. The summed E-state index contributed by atoms with van der Waals surface area (Å²) in [4.78, 5) is 23.2. The van der Waals surface area contributed by atoms with Gasteiger partial charge in [0, 0.05) is 17.1 Å². The second kappa shape index (κ2) is 8.70. The van der Waals surface area contributed by atoms with Crippen LogP contribution in [0, 0.1) is 0 Å². The molecule has 2 N–H and O–H groups in total. The van der Waals surface area contributed by atoms with Crippen LogP contribution in [-0.2, 0) is 16.0 Å². The minimum Gasteiger partial charge on any atom is -0.347 e. The number of carbonyl (C=O) groups is 2. The van der Waals surface area contributed by atoms with E-state index >= 15 is 0 Å². The highest BCUT2D eigenvalue weighted by Crippen LogP contribution is 2.11. The van der Waals surface area contributed by atoms with E-state index in [0.29, 0.717) is 23.6 Å². The quantitative estimate of drug-likeness (QED) is 0.501. The fourth-order valence-corrected chi connectivity index (χ4v) is 2.02. The molecular weight excluding hydrogens is 314 g/mol. The van der Waals surface area contributed by atoms with E-state index in [9.17, 15) is 9.59 Å². The average molecular weight is 330 g/mol. The highest BCUT2D eigenvalue weighted by atomic mass is 35.5. The summed E-state index contributed by atoms with van der Waals surface area (Å²) < 4.78 is 0. The van der Waals surface area contributed by atoms with Gasteiger partial charge in [-0.25, -0.2) is 5.43 Å². The smallest absolute Gasteiger partial charge is 0.329 e. The van der Waals surface area contributed by atoms with Gasteiger partial charge >= 0.3 is 11.8 Å². The van der Waals surface area contributed by atoms with E-state index in [1.807, 2.05) is 30.3 Å². The Balaban J connectivity index is 1.75. The molecular formula is C17H16ClN3O2. The summed E-state index contributed by atoms with van der Waals surface area (Å²) in [6.45, 7) is 0.379. The summed E-state index contributed by atoms with van der Waals surface area (Å²) in [5, 5.41) is 6.77. The molecule has 0 aliphatic heterocycles. The third-order valence-electron chi connectivity index (χ3n) is 3.02. The third kappa shape index (κ3) is 5.56. The zero-order valence-corrected chi connectivity index (χ0v) is 13.1. The van der Waals surface area contributed by atoms with Crippen LogP contribution in [0.3, 0.4) is 0 Å². The van der Waals surface area contributed by atoms with E-state index in [2.05, 4.69) is 15.8 Å². The molecule has 0 radical (unpaired) electrons. The minimum absolute atomic E-state index is 0.379. The minimum atomic E-state index is -0.818. The Labute approximate surface area is 139 Å². The molecule has 0 aromatic heterocycles. The first kappa shape index (κ1) is 16.7. The van der Waals surface area contributed by atoms with Crippen molar-refractivity contribution >= 4 is 29.6 Å². The van der Waals surface area contributed by atoms with E-state index in [-0.39, 0.29) is 0 Å². The number of hydrogen-bond acceptors (Lipinski definition) is 3. The topological polar surface area (TPSA) is 70.6 Å². The second-order valence-electron chi connectivity index (χ2n) is 4.71. The first-order valence-corrected chi connectivity index (χ1v) is 7.44. The molecule has 118 valence electrons. The summed E-state index contributed by atoms with van der Waals surface area (Å²) in [5.41, 5.74) is 3.91. The molecule has 0 aliphatic rings. The van der Waals surface area contributed by atoms with Crippen molar-refractivity contribution in [1.82, 2.24) is 10.7 Å². The zero-order valence-electron chi connectivity index (χ0n) is 12.3. The lowest BCUT2D eigenvalue weighted by molar-refractivity contribution is -0.139. The number of nitrogens with one attached hydrogen (secondary N) is 2. The first-order valence-electron chi connectivity index (χ1n) is 7.06. The lowest BCUT2D eigenvalue weighted by Gasteiger charge is -2.04. The van der Waals surface area contributed by atoms with E-state index < -0.39 is 11.8 Å². The molecule has 6 heteroatoms. The molecule has 2 aromatic carbocycles. The highest BCUT2D eigenvalue weighted by Gasteiger charge is 2.11. The van der Waals surface area contributed by atoms with Crippen molar-refractivity contribution < 1.29 is 9.59 Å². The van der Waals surface area contributed by atoms with E-state index in [1.54, 1.807) is 24.3 Å². The summed E-state index contributed by atoms with van der Waals surface area (Å²) in [5.74, 6) is -1.54. The van der Waals surface area contributed by atoms with Crippen LogP contribution in [0.5, 0.6) is 0 Å². The van der Waals surface area contributed by atoms with Gasteiger partial charge in [0.2, 0.25) is 0 Å². The van der Waals surface area contributed by atoms with Crippen LogP contribution in [0.2, 0.25) is 5.02 Å². The van der Waals surface area contributed by atoms with E-state index in [1.165, 1.54) is 6.21 Å². The van der Waals surface area contributed by atoms with Gasteiger partial charge in [-0.2, -0.15) is 5.10 Å². The van der Waals surface area contributed by atoms with Crippen molar-refractivity contribution in [1.29, 1.82) is 0 Å². The number of benzene rings is 2. The summed E-state index contributed by atoms with van der Waals surface area (Å²) in [7, 11) is 0. The average Bonchev–Trinajstić information content (AvgIpc) is 2.57. The number of amides is 2. The van der Waals surface area contributed by atoms with Crippen molar-refractivity contribution in [3.05, 3.63) is 70.7 Å². The second-order valence-corrected chi connectivity index (χ2v) is 5.12. The Morgan fingerprint density at radius 1 is 1.00 bits per heavy atom. The Hall–Kier alpha value is -2.66. The molecule has 0 unspecified atom stereocenters. The van der Waals surface area contributed by atoms with Gasteiger partial charge in [0.25, 0.3) is 0 Å². The van der Waals surface area contributed by atoms with Gasteiger partial charge in [-0.1, -0.05) is 60.1 Å². The Morgan fingerprint density at radius 3 is 2.43 bits per heavy atom. The van der Waals surface area contributed by atoms with Gasteiger partial charge < -0.3 is 5.32 Å². The van der Waals surface area contributed by atoms with Crippen LogP contribution < -0.4 is 10.7 Å². The molecule has 0 heterocycles. The summed E-state index contributed by atoms with van der Waals surface area (Å²) in [6, 6.07) is 16.7. The number of hydrazone groups is 1. The van der Waals surface area contributed by atoms with Crippen molar-refractivity contribution in [2.75, 3.05) is 6.54 Å². The number of hydrogen-bond donors (Lipinski definition) is 2. The molecule has 0 saturated carbocycles. The molecule has 23 heavy (non-hydrogen) atoms. The highest BCUT2D eigenvalue weighted by molar-refractivity contribution is 6.35. The van der Waals surface area contributed by atoms with Gasteiger partial charge in [-0.3, -0.25) is 9.59 Å². The van der Waals surface area contributed by atoms with Gasteiger partial charge in [0.15, 0.2) is 0 Å². The van der Waals surface area contributed by atoms with Crippen LogP contribution in [0.4, 0.5) is 0 Å². The Kier molecular flexibility index (Phi) is 6.32. The number of carbonyl (C=O) groups excluding carboxylic acids is 2. The van der Waals surface area contributed by atoms with Gasteiger partial charge in [0.05, 0.1) is 6.21 Å². The maximum atomic E-state index is 11.6. The largest absolute Gasteiger partial charge is 0.347 e. The molecule has 0 saturated heterocycles. The van der Waals surface area contributed by atoms with Gasteiger partial charge in [-0.05, 0) is 18.1 Å². The third-order valence-corrected chi connectivity index (χ3v) is 3.37. The summed E-state index contributed by atoms with van der Waals surface area (Å²) in [6.07, 6.45) is 2.04. The Morgan fingerprint density at radius 2 is 1.70 bits per heavy atom. The van der Waals surface area contributed by atoms with Crippen LogP contribution in [-0.4, -0.2) is 24.6 Å². The molecule has 5 nitrogen and oxygen atoms in total. The molecule has 0 bridgehead atoms. The predicted molar refractivity (Wildman–Crippen MR) is 90.3 cm³/mol. The molecule has 0 aliphatic carbocycles. The fourth-order valence-electron chi connectivity index (χ4n) is 1.84. The monoisotopic (exact) mass is 329 g/mol. The fraction of sp³-hybridized carbons (Fsp3) is 0.118. The van der Waals surface area contributed by atoms with Crippen LogP contribution >= 0.6 is 11.6 Å². The van der Waals surface area contributed by atoms with Crippen molar-refractivity contribution in [3.63, 3.8) is 0 Å². The van der Waals surface area contributed by atoms with Crippen molar-refractivity contribution in [2.45, 2.75) is 6.42 Å². The van der Waals surface area contributed by atoms with Crippen LogP contribution in [0.25, 0.3) is 0 Å². The lowest BCUT2D eigenvalue weighted by atomic mass is 10.1. The van der Waals surface area contributed by atoms with Gasteiger partial charge in [0.1, 0.15) is 0 Å². The van der Waals surface area contributed by atoms with Crippen LogP contribution in [0.1, 0.15) is 11.1 Å². The number of nitrogens with zero attached hydrogens (tertiary/aromatic N) is 1. The van der Waals surface area contributed by atoms with Gasteiger partial charge in [-0.15, -0.1) is 0 Å². The van der Waals surface area contributed by atoms with E-state index in [4.69, 9.17) is 11.6 Å². The Bertz CT molecular complexity index is 702. The molecule has 2 amide bonds. The van der Waals surface area contributed by atoms with Crippen molar-refractivity contribution in [3.8, 4) is 0 Å². The molecule has 0 atom stereocenters.